The number of piperidine rings is 1. The largest absolute Gasteiger partial charge is 0.350 e. The SMILES string of the molecule is Cc1nc(C(=O)N2C[C@H]3C[C@H]3[C@H]2CNC(=O)c2cn(C)c3ccccc23)c(-c2cccc(Cl)c2)s1. The highest BCUT2D eigenvalue weighted by atomic mass is 35.5. The Kier molecular flexibility index (Phi) is 5.42. The minimum Gasteiger partial charge on any atom is -0.350 e. The number of rotatable bonds is 5. The molecule has 0 spiro atoms. The summed E-state index contributed by atoms with van der Waals surface area (Å²) in [6, 6.07) is 15.4. The number of hydrogen-bond acceptors (Lipinski definition) is 4. The molecule has 2 amide bonds. The molecule has 178 valence electrons. The second-order valence-electron chi connectivity index (χ2n) is 9.49. The molecule has 1 saturated heterocycles. The van der Waals surface area contributed by atoms with Crippen LogP contribution in [-0.4, -0.2) is 45.4 Å². The lowest BCUT2D eigenvalue weighted by molar-refractivity contribution is 0.0690. The molecule has 1 aliphatic carbocycles. The van der Waals surface area contributed by atoms with Crippen LogP contribution in [0.4, 0.5) is 0 Å². The summed E-state index contributed by atoms with van der Waals surface area (Å²) in [5, 5.41) is 5.52. The van der Waals surface area contributed by atoms with Crippen molar-refractivity contribution >= 4 is 45.7 Å². The fourth-order valence-electron chi connectivity index (χ4n) is 5.41. The molecule has 35 heavy (non-hydrogen) atoms. The van der Waals surface area contributed by atoms with E-state index in [4.69, 9.17) is 11.6 Å². The van der Waals surface area contributed by atoms with Crippen molar-refractivity contribution in [2.45, 2.75) is 19.4 Å². The normalized spacial score (nSPS) is 20.8. The van der Waals surface area contributed by atoms with Gasteiger partial charge in [0, 0.05) is 42.3 Å². The van der Waals surface area contributed by atoms with Crippen LogP contribution in [0, 0.1) is 18.8 Å². The third-order valence-electron chi connectivity index (χ3n) is 7.20. The summed E-state index contributed by atoms with van der Waals surface area (Å²) in [6.07, 6.45) is 2.97. The Bertz CT molecular complexity index is 1480. The van der Waals surface area contributed by atoms with E-state index in [1.165, 1.54) is 11.3 Å². The van der Waals surface area contributed by atoms with Crippen LogP contribution in [0.5, 0.6) is 0 Å². The predicted octanol–water partition coefficient (Wildman–Crippen LogP) is 5.15. The maximum atomic E-state index is 13.7. The maximum absolute atomic E-state index is 13.7. The fourth-order valence-corrected chi connectivity index (χ4v) is 6.51. The van der Waals surface area contributed by atoms with Gasteiger partial charge in [0.05, 0.1) is 21.5 Å². The zero-order chi connectivity index (χ0) is 24.3. The number of halogens is 1. The average Bonchev–Trinajstić information content (AvgIpc) is 3.18. The summed E-state index contributed by atoms with van der Waals surface area (Å²) in [7, 11) is 1.94. The molecular formula is C27H25ClN4O2S. The molecule has 1 saturated carbocycles. The molecule has 6 rings (SSSR count). The highest BCUT2D eigenvalue weighted by Crippen LogP contribution is 2.50. The number of hydrogen-bond donors (Lipinski definition) is 1. The van der Waals surface area contributed by atoms with E-state index in [0.717, 1.165) is 32.8 Å². The Labute approximate surface area is 212 Å². The number of nitrogens with one attached hydrogen (secondary N) is 1. The minimum absolute atomic E-state index is 0.0272. The van der Waals surface area contributed by atoms with Crippen molar-refractivity contribution in [2.75, 3.05) is 13.1 Å². The van der Waals surface area contributed by atoms with Gasteiger partial charge in [-0.2, -0.15) is 0 Å². The molecular weight excluding hydrogens is 480 g/mol. The Hall–Kier alpha value is -3.16. The molecule has 3 heterocycles. The summed E-state index contributed by atoms with van der Waals surface area (Å²) >= 11 is 7.72. The van der Waals surface area contributed by atoms with Gasteiger partial charge in [0.2, 0.25) is 0 Å². The number of carbonyl (C=O) groups is 2. The smallest absolute Gasteiger partial charge is 0.274 e. The molecule has 3 atom stereocenters. The standard InChI is InChI=1S/C27H25ClN4O2S/c1-15-30-24(25(35-15)16-6-5-7-18(28)10-16)27(34)32-13-17-11-20(17)23(32)12-29-26(33)21-14-31(2)22-9-4-3-8-19(21)22/h3-10,14,17,20,23H,11-13H2,1-2H3,(H,29,33)/t17-,20-,23-/m1/s1. The van der Waals surface area contributed by atoms with Crippen molar-refractivity contribution in [3.8, 4) is 10.4 Å². The zero-order valence-electron chi connectivity index (χ0n) is 19.5. The van der Waals surface area contributed by atoms with Gasteiger partial charge in [0.1, 0.15) is 5.69 Å². The van der Waals surface area contributed by atoms with Crippen molar-refractivity contribution in [1.29, 1.82) is 0 Å². The number of nitrogens with zero attached hydrogens (tertiary/aromatic N) is 3. The van der Waals surface area contributed by atoms with E-state index in [9.17, 15) is 9.59 Å². The van der Waals surface area contributed by atoms with Gasteiger partial charge in [-0.05, 0) is 48.9 Å². The average molecular weight is 505 g/mol. The van der Waals surface area contributed by atoms with Gasteiger partial charge >= 0.3 is 0 Å². The number of thiazole rings is 1. The molecule has 2 aliphatic rings. The lowest BCUT2D eigenvalue weighted by atomic mass is 10.1. The molecule has 0 bridgehead atoms. The van der Waals surface area contributed by atoms with E-state index in [1.54, 1.807) is 0 Å². The summed E-state index contributed by atoms with van der Waals surface area (Å²) in [5.74, 6) is 0.761. The maximum Gasteiger partial charge on any atom is 0.274 e. The van der Waals surface area contributed by atoms with Crippen molar-refractivity contribution in [1.82, 2.24) is 19.8 Å². The Morgan fingerprint density at radius 3 is 2.86 bits per heavy atom. The number of benzene rings is 2. The van der Waals surface area contributed by atoms with Crippen LogP contribution in [0.25, 0.3) is 21.3 Å². The Balaban J connectivity index is 1.23. The monoisotopic (exact) mass is 504 g/mol. The fraction of sp³-hybridized carbons (Fsp3) is 0.296. The van der Waals surface area contributed by atoms with E-state index in [1.807, 2.05) is 78.2 Å². The highest BCUT2D eigenvalue weighted by Gasteiger charge is 2.54. The van der Waals surface area contributed by atoms with Crippen LogP contribution in [0.2, 0.25) is 5.02 Å². The molecule has 0 unspecified atom stereocenters. The van der Waals surface area contributed by atoms with Gasteiger partial charge in [0.15, 0.2) is 0 Å². The quantitative estimate of drug-likeness (QED) is 0.408. The molecule has 1 N–H and O–H groups in total. The van der Waals surface area contributed by atoms with Crippen LogP contribution in [0.1, 0.15) is 32.3 Å². The van der Waals surface area contributed by atoms with Crippen LogP contribution >= 0.6 is 22.9 Å². The van der Waals surface area contributed by atoms with E-state index in [0.29, 0.717) is 41.2 Å². The number of aryl methyl sites for hydroxylation is 2. The van der Waals surface area contributed by atoms with Crippen molar-refractivity contribution in [3.63, 3.8) is 0 Å². The zero-order valence-corrected chi connectivity index (χ0v) is 21.1. The number of amides is 2. The van der Waals surface area contributed by atoms with Crippen molar-refractivity contribution in [2.24, 2.45) is 18.9 Å². The Morgan fingerprint density at radius 1 is 1.20 bits per heavy atom. The molecule has 6 nitrogen and oxygen atoms in total. The molecule has 2 aromatic carbocycles. The molecule has 8 heteroatoms. The van der Waals surface area contributed by atoms with E-state index in [-0.39, 0.29) is 17.9 Å². The van der Waals surface area contributed by atoms with Crippen LogP contribution in [0.3, 0.4) is 0 Å². The molecule has 0 radical (unpaired) electrons. The van der Waals surface area contributed by atoms with E-state index < -0.39 is 0 Å². The minimum atomic E-state index is -0.109. The number of para-hydroxylation sites is 1. The summed E-state index contributed by atoms with van der Waals surface area (Å²) in [5.41, 5.74) is 3.05. The first-order valence-electron chi connectivity index (χ1n) is 11.8. The molecule has 4 aromatic rings. The molecule has 1 aliphatic heterocycles. The van der Waals surface area contributed by atoms with Crippen molar-refractivity contribution < 1.29 is 9.59 Å². The van der Waals surface area contributed by atoms with E-state index >= 15 is 0 Å². The van der Waals surface area contributed by atoms with Crippen LogP contribution in [0.15, 0.2) is 54.7 Å². The van der Waals surface area contributed by atoms with Gasteiger partial charge in [-0.3, -0.25) is 9.59 Å². The number of aromatic nitrogens is 2. The Morgan fingerprint density at radius 2 is 2.03 bits per heavy atom. The van der Waals surface area contributed by atoms with Crippen LogP contribution < -0.4 is 5.32 Å². The number of fused-ring (bicyclic) bond motifs is 2. The summed E-state index contributed by atoms with van der Waals surface area (Å²) < 4.78 is 1.97. The third kappa shape index (κ3) is 3.93. The first-order chi connectivity index (χ1) is 16.9. The molecule has 2 fully saturated rings. The lowest BCUT2D eigenvalue weighted by Crippen LogP contribution is -2.45. The summed E-state index contributed by atoms with van der Waals surface area (Å²) in [4.78, 5) is 34.2. The second-order valence-corrected chi connectivity index (χ2v) is 11.1. The van der Waals surface area contributed by atoms with Gasteiger partial charge < -0.3 is 14.8 Å². The second kappa shape index (κ2) is 8.50. The van der Waals surface area contributed by atoms with E-state index in [2.05, 4.69) is 10.3 Å². The predicted molar refractivity (Wildman–Crippen MR) is 139 cm³/mol. The number of likely N-dealkylation sites (tertiary alicyclic amines) is 1. The van der Waals surface area contributed by atoms with Gasteiger partial charge in [0.25, 0.3) is 11.8 Å². The lowest BCUT2D eigenvalue weighted by Gasteiger charge is -2.27. The molecule has 2 aromatic heterocycles. The van der Waals surface area contributed by atoms with Crippen LogP contribution in [-0.2, 0) is 7.05 Å². The van der Waals surface area contributed by atoms with Gasteiger partial charge in [-0.1, -0.05) is 41.9 Å². The number of carbonyl (C=O) groups excluding carboxylic acids is 2. The third-order valence-corrected chi connectivity index (χ3v) is 8.46. The summed E-state index contributed by atoms with van der Waals surface area (Å²) in [6.45, 7) is 3.06. The first-order valence-corrected chi connectivity index (χ1v) is 13.0. The van der Waals surface area contributed by atoms with Gasteiger partial charge in [-0.15, -0.1) is 11.3 Å². The van der Waals surface area contributed by atoms with Gasteiger partial charge in [-0.25, -0.2) is 4.98 Å². The van der Waals surface area contributed by atoms with Crippen molar-refractivity contribution in [3.05, 3.63) is 76.0 Å². The topological polar surface area (TPSA) is 67.2 Å². The highest BCUT2D eigenvalue weighted by molar-refractivity contribution is 7.15. The first kappa shape index (κ1) is 22.3.